The van der Waals surface area contributed by atoms with Crippen LogP contribution >= 0.6 is 11.8 Å². The Kier molecular flexibility index (Phi) is 7.07. The number of hydrogen-bond acceptors (Lipinski definition) is 4. The second-order valence-electron chi connectivity index (χ2n) is 8.27. The number of hydrogen-bond donors (Lipinski definition) is 0. The highest BCUT2D eigenvalue weighted by Gasteiger charge is 2.29. The molecule has 0 bridgehead atoms. The van der Waals surface area contributed by atoms with Gasteiger partial charge < -0.3 is 4.90 Å². The van der Waals surface area contributed by atoms with Crippen molar-refractivity contribution >= 4 is 17.7 Å². The van der Waals surface area contributed by atoms with Crippen molar-refractivity contribution in [3.8, 4) is 5.69 Å². The Hall–Kier alpha value is -2.60. The van der Waals surface area contributed by atoms with Gasteiger partial charge in [-0.15, -0.1) is 10.2 Å². The van der Waals surface area contributed by atoms with Gasteiger partial charge in [0, 0.05) is 24.2 Å². The molecular formula is C25H30N4OS. The SMILES string of the molecule is C[C@@H]1CCC[C@@H](C)N1C(=O)CSc1nnc(CCc2ccccc2)n1-c1ccccc1. The summed E-state index contributed by atoms with van der Waals surface area (Å²) in [6.07, 6.45) is 5.07. The van der Waals surface area contributed by atoms with Crippen molar-refractivity contribution in [3.63, 3.8) is 0 Å². The molecule has 1 aliphatic heterocycles. The van der Waals surface area contributed by atoms with E-state index < -0.39 is 0 Å². The Morgan fingerprint density at radius 2 is 1.58 bits per heavy atom. The molecule has 0 saturated carbocycles. The van der Waals surface area contributed by atoms with Crippen molar-refractivity contribution < 1.29 is 4.79 Å². The third kappa shape index (κ3) is 5.18. The van der Waals surface area contributed by atoms with Crippen LogP contribution in [0.1, 0.15) is 44.5 Å². The van der Waals surface area contributed by atoms with E-state index in [1.807, 2.05) is 24.3 Å². The molecule has 1 saturated heterocycles. The molecule has 4 rings (SSSR count). The summed E-state index contributed by atoms with van der Waals surface area (Å²) in [6, 6.07) is 21.2. The van der Waals surface area contributed by atoms with E-state index in [9.17, 15) is 4.79 Å². The Morgan fingerprint density at radius 3 is 2.26 bits per heavy atom. The molecule has 2 aromatic carbocycles. The third-order valence-electron chi connectivity index (χ3n) is 6.00. The molecule has 1 amide bonds. The lowest BCUT2D eigenvalue weighted by molar-refractivity contribution is -0.134. The van der Waals surface area contributed by atoms with Gasteiger partial charge in [0.15, 0.2) is 5.16 Å². The standard InChI is InChI=1S/C25H30N4OS/c1-19-10-9-11-20(2)28(19)24(30)18-31-25-27-26-23(17-16-21-12-5-3-6-13-21)29(25)22-14-7-4-8-15-22/h3-8,12-15,19-20H,9-11,16-18H2,1-2H3/t19-,20-/m1/s1. The van der Waals surface area contributed by atoms with Gasteiger partial charge in [-0.1, -0.05) is 60.3 Å². The lowest BCUT2D eigenvalue weighted by atomic mass is 9.98. The minimum atomic E-state index is 0.193. The van der Waals surface area contributed by atoms with Crippen LogP contribution in [0.4, 0.5) is 0 Å². The van der Waals surface area contributed by atoms with Crippen molar-refractivity contribution in [2.45, 2.75) is 63.2 Å². The molecule has 0 spiro atoms. The van der Waals surface area contributed by atoms with Crippen LogP contribution in [0.5, 0.6) is 0 Å². The molecule has 2 heterocycles. The highest BCUT2D eigenvalue weighted by atomic mass is 32.2. The van der Waals surface area contributed by atoms with E-state index in [0.717, 1.165) is 42.4 Å². The van der Waals surface area contributed by atoms with E-state index >= 15 is 0 Å². The Balaban J connectivity index is 1.52. The van der Waals surface area contributed by atoms with Gasteiger partial charge in [-0.2, -0.15) is 0 Å². The van der Waals surface area contributed by atoms with Crippen molar-refractivity contribution in [2.75, 3.05) is 5.75 Å². The number of amides is 1. The van der Waals surface area contributed by atoms with Crippen molar-refractivity contribution in [3.05, 3.63) is 72.1 Å². The molecule has 2 atom stereocenters. The number of aryl methyl sites for hydroxylation is 2. The van der Waals surface area contributed by atoms with Crippen molar-refractivity contribution in [1.29, 1.82) is 0 Å². The smallest absolute Gasteiger partial charge is 0.233 e. The average Bonchev–Trinajstić information content (AvgIpc) is 3.20. The first-order valence-corrected chi connectivity index (χ1v) is 12.1. The summed E-state index contributed by atoms with van der Waals surface area (Å²) in [5, 5.41) is 9.74. The van der Waals surface area contributed by atoms with Gasteiger partial charge in [0.1, 0.15) is 5.82 Å². The fraction of sp³-hybridized carbons (Fsp3) is 0.400. The van der Waals surface area contributed by atoms with Crippen LogP contribution in [0.15, 0.2) is 65.8 Å². The van der Waals surface area contributed by atoms with Crippen LogP contribution < -0.4 is 0 Å². The van der Waals surface area contributed by atoms with Gasteiger partial charge in [0.25, 0.3) is 0 Å². The number of carbonyl (C=O) groups excluding carboxylic acids is 1. The van der Waals surface area contributed by atoms with E-state index in [1.54, 1.807) is 0 Å². The number of nitrogens with zero attached hydrogens (tertiary/aromatic N) is 4. The van der Waals surface area contributed by atoms with Crippen LogP contribution in [0, 0.1) is 0 Å². The lowest BCUT2D eigenvalue weighted by Crippen LogP contribution is -2.48. The minimum Gasteiger partial charge on any atom is -0.337 e. The van der Waals surface area contributed by atoms with Gasteiger partial charge in [0.05, 0.1) is 5.75 Å². The number of thioether (sulfide) groups is 1. The summed E-state index contributed by atoms with van der Waals surface area (Å²) in [5.41, 5.74) is 2.31. The highest BCUT2D eigenvalue weighted by molar-refractivity contribution is 7.99. The van der Waals surface area contributed by atoms with Crippen LogP contribution in [-0.2, 0) is 17.6 Å². The summed E-state index contributed by atoms with van der Waals surface area (Å²) < 4.78 is 2.10. The van der Waals surface area contributed by atoms with E-state index in [2.05, 4.69) is 69.9 Å². The second kappa shape index (κ2) is 10.1. The van der Waals surface area contributed by atoms with Crippen LogP contribution in [0.25, 0.3) is 5.69 Å². The van der Waals surface area contributed by atoms with Gasteiger partial charge in [-0.25, -0.2) is 0 Å². The summed E-state index contributed by atoms with van der Waals surface area (Å²) in [5.74, 6) is 1.50. The van der Waals surface area contributed by atoms with Crippen LogP contribution in [0.2, 0.25) is 0 Å². The first-order valence-electron chi connectivity index (χ1n) is 11.1. The maximum atomic E-state index is 13.0. The maximum absolute atomic E-state index is 13.0. The van der Waals surface area contributed by atoms with E-state index in [4.69, 9.17) is 0 Å². The number of para-hydroxylation sites is 1. The van der Waals surface area contributed by atoms with Crippen molar-refractivity contribution in [2.24, 2.45) is 0 Å². The highest BCUT2D eigenvalue weighted by Crippen LogP contribution is 2.27. The fourth-order valence-corrected chi connectivity index (χ4v) is 5.25. The summed E-state index contributed by atoms with van der Waals surface area (Å²) >= 11 is 1.49. The first kappa shape index (κ1) is 21.6. The average molecular weight is 435 g/mol. The molecule has 1 aromatic heterocycles. The molecule has 6 heteroatoms. The van der Waals surface area contributed by atoms with Gasteiger partial charge in [-0.3, -0.25) is 9.36 Å². The topological polar surface area (TPSA) is 51.0 Å². The zero-order valence-electron chi connectivity index (χ0n) is 18.3. The maximum Gasteiger partial charge on any atom is 0.233 e. The Labute approximate surface area is 188 Å². The molecule has 31 heavy (non-hydrogen) atoms. The molecule has 0 unspecified atom stereocenters. The molecular weight excluding hydrogens is 404 g/mol. The predicted octanol–water partition coefficient (Wildman–Crippen LogP) is 4.93. The molecule has 0 radical (unpaired) electrons. The monoisotopic (exact) mass is 434 g/mol. The fourth-order valence-electron chi connectivity index (χ4n) is 4.41. The van der Waals surface area contributed by atoms with Crippen LogP contribution in [-0.4, -0.2) is 43.4 Å². The third-order valence-corrected chi connectivity index (χ3v) is 6.91. The van der Waals surface area contributed by atoms with E-state index in [1.165, 1.54) is 23.7 Å². The number of benzene rings is 2. The van der Waals surface area contributed by atoms with Crippen molar-refractivity contribution in [1.82, 2.24) is 19.7 Å². The molecule has 1 aliphatic rings. The zero-order chi connectivity index (χ0) is 21.6. The number of carbonyl (C=O) groups is 1. The molecule has 1 fully saturated rings. The number of likely N-dealkylation sites (tertiary alicyclic amines) is 1. The quantitative estimate of drug-likeness (QED) is 0.495. The molecule has 162 valence electrons. The lowest BCUT2D eigenvalue weighted by Gasteiger charge is -2.39. The largest absolute Gasteiger partial charge is 0.337 e. The molecule has 5 nitrogen and oxygen atoms in total. The second-order valence-corrected chi connectivity index (χ2v) is 9.22. The Morgan fingerprint density at radius 1 is 0.935 bits per heavy atom. The number of rotatable bonds is 7. The predicted molar refractivity (Wildman–Crippen MR) is 126 cm³/mol. The molecule has 0 aliphatic carbocycles. The Bertz CT molecular complexity index is 979. The summed E-state index contributed by atoms with van der Waals surface area (Å²) in [4.78, 5) is 15.1. The van der Waals surface area contributed by atoms with Gasteiger partial charge >= 0.3 is 0 Å². The first-order chi connectivity index (χ1) is 15.1. The van der Waals surface area contributed by atoms with E-state index in [0.29, 0.717) is 17.8 Å². The summed E-state index contributed by atoms with van der Waals surface area (Å²) in [6.45, 7) is 4.32. The molecule has 0 N–H and O–H groups in total. The number of aromatic nitrogens is 3. The zero-order valence-corrected chi connectivity index (χ0v) is 19.1. The minimum absolute atomic E-state index is 0.193. The summed E-state index contributed by atoms with van der Waals surface area (Å²) in [7, 11) is 0. The van der Waals surface area contributed by atoms with Crippen LogP contribution in [0.3, 0.4) is 0 Å². The molecule has 3 aromatic rings. The van der Waals surface area contributed by atoms with E-state index in [-0.39, 0.29) is 5.91 Å². The van der Waals surface area contributed by atoms with Gasteiger partial charge in [-0.05, 0) is 57.2 Å². The van der Waals surface area contributed by atoms with Gasteiger partial charge in [0.2, 0.25) is 5.91 Å². The number of piperidine rings is 1. The normalized spacial score (nSPS) is 18.8.